The molecule has 0 spiro atoms. The number of amides is 2. The Morgan fingerprint density at radius 3 is 2.50 bits per heavy atom. The topological polar surface area (TPSA) is 110 Å². The quantitative estimate of drug-likeness (QED) is 0.727. The summed E-state index contributed by atoms with van der Waals surface area (Å²) in [5, 5.41) is 2.81. The molecule has 1 unspecified atom stereocenters. The van der Waals surface area contributed by atoms with Crippen molar-refractivity contribution in [3.8, 4) is 0 Å². The number of sulfonamides is 1. The Bertz CT molecular complexity index is 1100. The molecule has 0 aliphatic carbocycles. The molecular weight excluding hydrogens is 426 g/mol. The summed E-state index contributed by atoms with van der Waals surface area (Å²) in [7, 11) is -3.70. The summed E-state index contributed by atoms with van der Waals surface area (Å²) in [6.45, 7) is 4.11. The van der Waals surface area contributed by atoms with Crippen LogP contribution in [-0.4, -0.2) is 37.1 Å². The van der Waals surface area contributed by atoms with Gasteiger partial charge in [0, 0.05) is 23.8 Å². The summed E-state index contributed by atoms with van der Waals surface area (Å²) in [6, 6.07) is 8.83. The summed E-state index contributed by atoms with van der Waals surface area (Å²) in [5.41, 5.74) is 6.63. The first-order valence-corrected chi connectivity index (χ1v) is 11.5. The molecule has 1 aliphatic rings. The number of carbonyl (C=O) groups excluding carboxylic acids is 2. The minimum absolute atomic E-state index is 0.0757. The number of halogens is 1. The van der Waals surface area contributed by atoms with Crippen molar-refractivity contribution in [2.75, 3.05) is 11.9 Å². The Morgan fingerprint density at radius 2 is 1.87 bits per heavy atom. The van der Waals surface area contributed by atoms with Crippen molar-refractivity contribution in [1.82, 2.24) is 4.31 Å². The molecule has 1 heterocycles. The Labute approximate surface area is 181 Å². The van der Waals surface area contributed by atoms with E-state index < -0.39 is 21.8 Å². The fraction of sp³-hybridized carbons (Fsp3) is 0.333. The average Bonchev–Trinajstić information content (AvgIpc) is 2.68. The van der Waals surface area contributed by atoms with Crippen molar-refractivity contribution in [3.05, 3.63) is 58.1 Å². The van der Waals surface area contributed by atoms with Gasteiger partial charge in [-0.2, -0.15) is 4.31 Å². The summed E-state index contributed by atoms with van der Waals surface area (Å²) in [5.74, 6) is -1.14. The summed E-state index contributed by atoms with van der Waals surface area (Å²) < 4.78 is 27.7. The molecule has 1 fully saturated rings. The highest BCUT2D eigenvalue weighted by atomic mass is 35.5. The molecule has 1 saturated heterocycles. The number of primary amides is 1. The largest absolute Gasteiger partial charge is 0.366 e. The van der Waals surface area contributed by atoms with Crippen LogP contribution < -0.4 is 11.1 Å². The van der Waals surface area contributed by atoms with Crippen molar-refractivity contribution in [2.24, 2.45) is 5.73 Å². The second-order valence-electron chi connectivity index (χ2n) is 7.45. The SMILES string of the molecule is Cc1ccc(S(=O)(=O)N2CCCCC2C)cc1C(=O)Nc1ccc(C(N)=O)c(Cl)c1. The second kappa shape index (κ2) is 8.75. The maximum absolute atomic E-state index is 13.1. The Kier molecular flexibility index (Phi) is 6.50. The number of rotatable bonds is 5. The second-order valence-corrected chi connectivity index (χ2v) is 9.75. The van der Waals surface area contributed by atoms with Crippen LogP contribution in [0.4, 0.5) is 5.69 Å². The van der Waals surface area contributed by atoms with Gasteiger partial charge in [0.25, 0.3) is 5.91 Å². The molecule has 0 radical (unpaired) electrons. The highest BCUT2D eigenvalue weighted by Gasteiger charge is 2.31. The van der Waals surface area contributed by atoms with Gasteiger partial charge in [-0.15, -0.1) is 0 Å². The number of piperidine rings is 1. The molecule has 0 bridgehead atoms. The van der Waals surface area contributed by atoms with Gasteiger partial charge in [-0.1, -0.05) is 24.1 Å². The van der Waals surface area contributed by atoms with Gasteiger partial charge in [-0.25, -0.2) is 8.42 Å². The number of anilines is 1. The summed E-state index contributed by atoms with van der Waals surface area (Å²) in [4.78, 5) is 24.2. The van der Waals surface area contributed by atoms with E-state index in [1.54, 1.807) is 13.0 Å². The van der Waals surface area contributed by atoms with Gasteiger partial charge in [-0.05, 0) is 62.6 Å². The third kappa shape index (κ3) is 4.50. The van der Waals surface area contributed by atoms with Crippen LogP contribution in [0.5, 0.6) is 0 Å². The standard InChI is InChI=1S/C21H24ClN3O4S/c1-13-6-8-16(30(28,29)25-10-4-3-5-14(25)2)12-18(13)21(27)24-15-7-9-17(20(23)26)19(22)11-15/h6-9,11-12,14H,3-5,10H2,1-2H3,(H2,23,26)(H,24,27). The van der Waals surface area contributed by atoms with E-state index in [1.807, 2.05) is 6.92 Å². The number of benzene rings is 2. The van der Waals surface area contributed by atoms with Crippen LogP contribution in [0, 0.1) is 6.92 Å². The Morgan fingerprint density at radius 1 is 1.13 bits per heavy atom. The van der Waals surface area contributed by atoms with Crippen LogP contribution in [0.15, 0.2) is 41.3 Å². The highest BCUT2D eigenvalue weighted by molar-refractivity contribution is 7.89. The number of hydrogen-bond acceptors (Lipinski definition) is 4. The van der Waals surface area contributed by atoms with Crippen molar-refractivity contribution in [3.63, 3.8) is 0 Å². The number of nitrogens with one attached hydrogen (secondary N) is 1. The van der Waals surface area contributed by atoms with Gasteiger partial charge in [0.2, 0.25) is 15.9 Å². The normalized spacial score (nSPS) is 17.5. The van der Waals surface area contributed by atoms with E-state index in [1.165, 1.54) is 34.6 Å². The first kappa shape index (κ1) is 22.3. The molecule has 9 heteroatoms. The van der Waals surface area contributed by atoms with Crippen LogP contribution in [-0.2, 0) is 10.0 Å². The third-order valence-corrected chi connectivity index (χ3v) is 7.62. The van der Waals surface area contributed by atoms with Crippen LogP contribution >= 0.6 is 11.6 Å². The number of nitrogens with zero attached hydrogens (tertiary/aromatic N) is 1. The fourth-order valence-corrected chi connectivity index (χ4v) is 5.56. The summed E-state index contributed by atoms with van der Waals surface area (Å²) >= 11 is 6.03. The average molecular weight is 450 g/mol. The predicted octanol–water partition coefficient (Wildman–Crippen LogP) is 3.56. The predicted molar refractivity (Wildman–Crippen MR) is 116 cm³/mol. The van der Waals surface area contributed by atoms with Gasteiger partial charge < -0.3 is 11.1 Å². The first-order chi connectivity index (χ1) is 14.1. The molecule has 3 rings (SSSR count). The number of aryl methyl sites for hydroxylation is 1. The molecule has 160 valence electrons. The summed E-state index contributed by atoms with van der Waals surface area (Å²) in [6.07, 6.45) is 2.65. The van der Waals surface area contributed by atoms with Gasteiger partial charge >= 0.3 is 0 Å². The third-order valence-electron chi connectivity index (χ3n) is 5.29. The Balaban J connectivity index is 1.89. The van der Waals surface area contributed by atoms with Gasteiger partial charge in [0.15, 0.2) is 0 Å². The zero-order valence-electron chi connectivity index (χ0n) is 16.8. The van der Waals surface area contributed by atoms with Crippen molar-refractivity contribution in [2.45, 2.75) is 44.0 Å². The zero-order valence-corrected chi connectivity index (χ0v) is 18.4. The van der Waals surface area contributed by atoms with Gasteiger partial charge in [0.1, 0.15) is 0 Å². The minimum Gasteiger partial charge on any atom is -0.366 e. The zero-order chi connectivity index (χ0) is 22.1. The molecule has 1 aliphatic heterocycles. The molecule has 2 amide bonds. The van der Waals surface area contributed by atoms with E-state index in [0.717, 1.165) is 19.3 Å². The van der Waals surface area contributed by atoms with E-state index in [-0.39, 0.29) is 27.1 Å². The van der Waals surface area contributed by atoms with Gasteiger partial charge in [-0.3, -0.25) is 9.59 Å². The highest BCUT2D eigenvalue weighted by Crippen LogP contribution is 2.27. The van der Waals surface area contributed by atoms with Crippen LogP contribution in [0.25, 0.3) is 0 Å². The molecule has 7 nitrogen and oxygen atoms in total. The van der Waals surface area contributed by atoms with E-state index in [2.05, 4.69) is 5.32 Å². The molecule has 2 aromatic carbocycles. The Hall–Kier alpha value is -2.42. The lowest BCUT2D eigenvalue weighted by molar-refractivity contribution is 0.0998. The molecule has 2 aromatic rings. The molecule has 0 saturated carbocycles. The van der Waals surface area contributed by atoms with Crippen molar-refractivity contribution in [1.29, 1.82) is 0 Å². The van der Waals surface area contributed by atoms with Crippen molar-refractivity contribution < 1.29 is 18.0 Å². The maximum atomic E-state index is 13.1. The fourth-order valence-electron chi connectivity index (χ4n) is 3.56. The van der Waals surface area contributed by atoms with E-state index in [9.17, 15) is 18.0 Å². The number of nitrogens with two attached hydrogens (primary N) is 1. The van der Waals surface area contributed by atoms with Crippen LogP contribution in [0.1, 0.15) is 52.5 Å². The van der Waals surface area contributed by atoms with Crippen molar-refractivity contribution >= 4 is 39.1 Å². The number of carbonyl (C=O) groups is 2. The van der Waals surface area contributed by atoms with Gasteiger partial charge in [0.05, 0.1) is 15.5 Å². The van der Waals surface area contributed by atoms with E-state index in [0.29, 0.717) is 17.8 Å². The lowest BCUT2D eigenvalue weighted by atomic mass is 10.1. The molecule has 0 aromatic heterocycles. The first-order valence-electron chi connectivity index (χ1n) is 9.64. The molecule has 30 heavy (non-hydrogen) atoms. The maximum Gasteiger partial charge on any atom is 0.255 e. The lowest BCUT2D eigenvalue weighted by Gasteiger charge is -2.32. The van der Waals surface area contributed by atoms with Crippen LogP contribution in [0.2, 0.25) is 5.02 Å². The van der Waals surface area contributed by atoms with E-state index >= 15 is 0 Å². The molecule has 3 N–H and O–H groups in total. The minimum atomic E-state index is -3.70. The van der Waals surface area contributed by atoms with E-state index in [4.69, 9.17) is 17.3 Å². The number of hydrogen-bond donors (Lipinski definition) is 2. The molecular formula is C21H24ClN3O4S. The molecule has 1 atom stereocenters. The lowest BCUT2D eigenvalue weighted by Crippen LogP contribution is -2.42. The smallest absolute Gasteiger partial charge is 0.255 e. The van der Waals surface area contributed by atoms with Crippen LogP contribution in [0.3, 0.4) is 0 Å². The monoisotopic (exact) mass is 449 g/mol.